The largest absolute Gasteiger partial charge is 0.494 e. The fourth-order valence-electron chi connectivity index (χ4n) is 3.83. The van der Waals surface area contributed by atoms with E-state index in [4.69, 9.17) is 9.47 Å². The number of nitrogens with zero attached hydrogens (tertiary/aromatic N) is 2. The molecule has 0 bridgehead atoms. The molecule has 33 heavy (non-hydrogen) atoms. The standard InChI is InChI=1S/C29H46N2O2/c1-4-6-7-8-9-10-11-14-21-32-27-19-17-26(18-20-27)29-30-23-28(24-31-29)33-22-15-12-13-16-25(3)5-2/h17-20,23-25H,4-16,21-22H2,1-3H3. The molecule has 0 aliphatic carbocycles. The lowest BCUT2D eigenvalue weighted by Gasteiger charge is -2.09. The van der Waals surface area contributed by atoms with Crippen molar-refractivity contribution >= 4 is 0 Å². The maximum Gasteiger partial charge on any atom is 0.159 e. The molecule has 1 aromatic heterocycles. The summed E-state index contributed by atoms with van der Waals surface area (Å²) in [7, 11) is 0. The Labute approximate surface area is 202 Å². The van der Waals surface area contributed by atoms with Gasteiger partial charge in [-0.1, -0.05) is 91.4 Å². The molecule has 0 saturated carbocycles. The molecule has 4 heteroatoms. The van der Waals surface area contributed by atoms with Crippen LogP contribution >= 0.6 is 0 Å². The van der Waals surface area contributed by atoms with E-state index in [1.54, 1.807) is 12.4 Å². The molecule has 0 spiro atoms. The molecule has 0 aliphatic rings. The van der Waals surface area contributed by atoms with Crippen molar-refractivity contribution in [1.82, 2.24) is 9.97 Å². The van der Waals surface area contributed by atoms with Crippen LogP contribution in [0.5, 0.6) is 11.5 Å². The Balaban J connectivity index is 1.60. The predicted molar refractivity (Wildman–Crippen MR) is 139 cm³/mol. The van der Waals surface area contributed by atoms with E-state index in [1.165, 1.54) is 70.6 Å². The number of rotatable bonds is 19. The van der Waals surface area contributed by atoms with Gasteiger partial charge >= 0.3 is 0 Å². The van der Waals surface area contributed by atoms with Crippen molar-refractivity contribution in [2.24, 2.45) is 5.92 Å². The lowest BCUT2D eigenvalue weighted by atomic mass is 10.0. The van der Waals surface area contributed by atoms with Crippen LogP contribution in [0, 0.1) is 5.92 Å². The SMILES string of the molecule is CCCCCCCCCCOc1ccc(-c2ncc(OCCCCCC(C)CC)cn2)cc1. The Kier molecular flexibility index (Phi) is 14.3. The molecule has 0 saturated heterocycles. The molecule has 1 unspecified atom stereocenters. The number of aromatic nitrogens is 2. The minimum atomic E-state index is 0.713. The van der Waals surface area contributed by atoms with Gasteiger partial charge in [0.05, 0.1) is 25.6 Å². The van der Waals surface area contributed by atoms with E-state index in [0.717, 1.165) is 49.0 Å². The highest BCUT2D eigenvalue weighted by Crippen LogP contribution is 2.21. The summed E-state index contributed by atoms with van der Waals surface area (Å²) in [4.78, 5) is 8.95. The number of ether oxygens (including phenoxy) is 2. The zero-order valence-electron chi connectivity index (χ0n) is 21.4. The van der Waals surface area contributed by atoms with Gasteiger partial charge in [0.15, 0.2) is 11.6 Å². The first-order valence-electron chi connectivity index (χ1n) is 13.4. The summed E-state index contributed by atoms with van der Waals surface area (Å²) in [5.41, 5.74) is 0.992. The van der Waals surface area contributed by atoms with Crippen LogP contribution in [0.2, 0.25) is 0 Å². The molecule has 2 rings (SSSR count). The molecule has 1 heterocycles. The number of benzene rings is 1. The third-order valence-electron chi connectivity index (χ3n) is 6.31. The molecule has 0 N–H and O–H groups in total. The summed E-state index contributed by atoms with van der Waals surface area (Å²) in [5.74, 6) is 3.20. The number of hydrogen-bond donors (Lipinski definition) is 0. The topological polar surface area (TPSA) is 44.2 Å². The van der Waals surface area contributed by atoms with E-state index in [-0.39, 0.29) is 0 Å². The third-order valence-corrected chi connectivity index (χ3v) is 6.31. The van der Waals surface area contributed by atoms with Crippen LogP contribution < -0.4 is 9.47 Å². The summed E-state index contributed by atoms with van der Waals surface area (Å²) in [6.07, 6.45) is 20.2. The Morgan fingerprint density at radius 1 is 0.667 bits per heavy atom. The molecule has 1 aromatic carbocycles. The van der Waals surface area contributed by atoms with Gasteiger partial charge in [-0.25, -0.2) is 9.97 Å². The van der Waals surface area contributed by atoms with Gasteiger partial charge in [-0.05, 0) is 43.0 Å². The molecular weight excluding hydrogens is 408 g/mol. The van der Waals surface area contributed by atoms with E-state index in [0.29, 0.717) is 5.82 Å². The highest BCUT2D eigenvalue weighted by Gasteiger charge is 2.04. The number of hydrogen-bond acceptors (Lipinski definition) is 4. The first kappa shape index (κ1) is 27.1. The third kappa shape index (κ3) is 12.1. The zero-order valence-corrected chi connectivity index (χ0v) is 21.4. The average molecular weight is 455 g/mol. The van der Waals surface area contributed by atoms with Gasteiger partial charge in [0.2, 0.25) is 0 Å². The molecule has 184 valence electrons. The summed E-state index contributed by atoms with van der Waals surface area (Å²) in [5, 5.41) is 0. The normalized spacial score (nSPS) is 12.0. The van der Waals surface area contributed by atoms with Crippen molar-refractivity contribution < 1.29 is 9.47 Å². The van der Waals surface area contributed by atoms with Crippen molar-refractivity contribution in [1.29, 1.82) is 0 Å². The van der Waals surface area contributed by atoms with E-state index in [2.05, 4.69) is 30.7 Å². The Bertz CT molecular complexity index is 715. The first-order valence-corrected chi connectivity index (χ1v) is 13.4. The summed E-state index contributed by atoms with van der Waals surface area (Å²) in [6, 6.07) is 8.06. The fourth-order valence-corrected chi connectivity index (χ4v) is 3.83. The quantitative estimate of drug-likeness (QED) is 0.199. The van der Waals surface area contributed by atoms with Gasteiger partial charge in [-0.3, -0.25) is 0 Å². The molecule has 2 aromatic rings. The minimum Gasteiger partial charge on any atom is -0.494 e. The first-order chi connectivity index (χ1) is 16.2. The Morgan fingerprint density at radius 2 is 1.21 bits per heavy atom. The summed E-state index contributed by atoms with van der Waals surface area (Å²) >= 11 is 0. The summed E-state index contributed by atoms with van der Waals surface area (Å²) < 4.78 is 11.7. The van der Waals surface area contributed by atoms with Gasteiger partial charge in [0, 0.05) is 5.56 Å². The van der Waals surface area contributed by atoms with Gasteiger partial charge in [0.25, 0.3) is 0 Å². The molecule has 0 fully saturated rings. The summed E-state index contributed by atoms with van der Waals surface area (Å²) in [6.45, 7) is 8.37. The van der Waals surface area contributed by atoms with Crippen molar-refractivity contribution in [3.63, 3.8) is 0 Å². The van der Waals surface area contributed by atoms with Crippen molar-refractivity contribution in [2.45, 2.75) is 104 Å². The molecule has 1 atom stereocenters. The zero-order chi connectivity index (χ0) is 23.6. The molecule has 0 aliphatic heterocycles. The van der Waals surface area contributed by atoms with Crippen LogP contribution in [0.1, 0.15) is 104 Å². The Hall–Kier alpha value is -2.10. The molecular formula is C29H46N2O2. The number of unbranched alkanes of at least 4 members (excludes halogenated alkanes) is 9. The van der Waals surface area contributed by atoms with E-state index < -0.39 is 0 Å². The van der Waals surface area contributed by atoms with Crippen molar-refractivity contribution in [3.8, 4) is 22.9 Å². The lowest BCUT2D eigenvalue weighted by Crippen LogP contribution is -2.00. The van der Waals surface area contributed by atoms with E-state index in [1.807, 2.05) is 24.3 Å². The molecule has 0 amide bonds. The van der Waals surface area contributed by atoms with E-state index in [9.17, 15) is 0 Å². The smallest absolute Gasteiger partial charge is 0.159 e. The van der Waals surface area contributed by atoms with Crippen LogP contribution in [-0.4, -0.2) is 23.2 Å². The maximum absolute atomic E-state index is 5.89. The molecule has 4 nitrogen and oxygen atoms in total. The van der Waals surface area contributed by atoms with Crippen LogP contribution in [0.3, 0.4) is 0 Å². The van der Waals surface area contributed by atoms with Gasteiger partial charge in [-0.15, -0.1) is 0 Å². The fraction of sp³-hybridized carbons (Fsp3) is 0.655. The lowest BCUT2D eigenvalue weighted by molar-refractivity contribution is 0.300. The van der Waals surface area contributed by atoms with Gasteiger partial charge in [0.1, 0.15) is 5.75 Å². The van der Waals surface area contributed by atoms with E-state index >= 15 is 0 Å². The van der Waals surface area contributed by atoms with Crippen molar-refractivity contribution in [2.75, 3.05) is 13.2 Å². The monoisotopic (exact) mass is 454 g/mol. The highest BCUT2D eigenvalue weighted by molar-refractivity contribution is 5.56. The van der Waals surface area contributed by atoms with Gasteiger partial charge < -0.3 is 9.47 Å². The minimum absolute atomic E-state index is 0.713. The average Bonchev–Trinajstić information content (AvgIpc) is 2.85. The van der Waals surface area contributed by atoms with Crippen LogP contribution in [0.25, 0.3) is 11.4 Å². The second-order valence-corrected chi connectivity index (χ2v) is 9.30. The van der Waals surface area contributed by atoms with Gasteiger partial charge in [-0.2, -0.15) is 0 Å². The molecule has 0 radical (unpaired) electrons. The van der Waals surface area contributed by atoms with Crippen LogP contribution in [0.15, 0.2) is 36.7 Å². The second kappa shape index (κ2) is 17.4. The van der Waals surface area contributed by atoms with Crippen LogP contribution in [-0.2, 0) is 0 Å². The Morgan fingerprint density at radius 3 is 1.82 bits per heavy atom. The predicted octanol–water partition coefficient (Wildman–Crippen LogP) is 8.65. The highest BCUT2D eigenvalue weighted by atomic mass is 16.5. The van der Waals surface area contributed by atoms with Crippen molar-refractivity contribution in [3.05, 3.63) is 36.7 Å². The van der Waals surface area contributed by atoms with Crippen LogP contribution in [0.4, 0.5) is 0 Å². The maximum atomic E-state index is 5.89. The second-order valence-electron chi connectivity index (χ2n) is 9.30.